The van der Waals surface area contributed by atoms with E-state index in [1.807, 2.05) is 37.3 Å². The zero-order valence-electron chi connectivity index (χ0n) is 12.6. The number of nitrogens with one attached hydrogen (secondary N) is 1. The molecule has 2 aromatic carbocycles. The fourth-order valence-electron chi connectivity index (χ4n) is 2.29. The molecular formula is C18H21NO3. The zero-order valence-corrected chi connectivity index (χ0v) is 12.6. The molecule has 2 rings (SSSR count). The van der Waals surface area contributed by atoms with Gasteiger partial charge in [0.1, 0.15) is 0 Å². The maximum absolute atomic E-state index is 10.8. The maximum atomic E-state index is 10.8. The molecule has 0 radical (unpaired) electrons. The smallest absolute Gasteiger partial charge is 0.335 e. The van der Waals surface area contributed by atoms with Crippen molar-refractivity contribution in [1.82, 2.24) is 5.32 Å². The van der Waals surface area contributed by atoms with Crippen LogP contribution in [0.5, 0.6) is 0 Å². The number of aliphatic hydroxyl groups excluding tert-OH is 1. The number of carboxylic acid groups (broad SMARTS) is 1. The Labute approximate surface area is 130 Å². The quantitative estimate of drug-likeness (QED) is 0.735. The number of carboxylic acids is 1. The monoisotopic (exact) mass is 299 g/mol. The third-order valence-corrected chi connectivity index (χ3v) is 3.62. The Balaban J connectivity index is 1.82. The predicted octanol–water partition coefficient (Wildman–Crippen LogP) is 2.99. The van der Waals surface area contributed by atoms with E-state index in [4.69, 9.17) is 5.11 Å². The Morgan fingerprint density at radius 3 is 2.32 bits per heavy atom. The van der Waals surface area contributed by atoms with E-state index in [1.165, 1.54) is 0 Å². The van der Waals surface area contributed by atoms with Crippen LogP contribution in [0.3, 0.4) is 0 Å². The summed E-state index contributed by atoms with van der Waals surface area (Å²) in [6.07, 6.45) is 0.134. The van der Waals surface area contributed by atoms with Crippen molar-refractivity contribution in [3.8, 4) is 0 Å². The van der Waals surface area contributed by atoms with Gasteiger partial charge < -0.3 is 15.5 Å². The summed E-state index contributed by atoms with van der Waals surface area (Å²) in [6.45, 7) is 2.67. The lowest BCUT2D eigenvalue weighted by Crippen LogP contribution is -2.27. The lowest BCUT2D eigenvalue weighted by atomic mass is 10.0. The van der Waals surface area contributed by atoms with Crippen molar-refractivity contribution in [2.45, 2.75) is 32.0 Å². The lowest BCUT2D eigenvalue weighted by Gasteiger charge is -2.18. The molecule has 4 nitrogen and oxygen atoms in total. The van der Waals surface area contributed by atoms with Crippen molar-refractivity contribution in [3.05, 3.63) is 71.3 Å². The fourth-order valence-corrected chi connectivity index (χ4v) is 2.29. The number of carbonyl (C=O) groups is 1. The highest BCUT2D eigenvalue weighted by Gasteiger charge is 2.11. The van der Waals surface area contributed by atoms with Crippen LogP contribution in [0.15, 0.2) is 54.6 Å². The third kappa shape index (κ3) is 4.69. The van der Waals surface area contributed by atoms with Crippen molar-refractivity contribution < 1.29 is 15.0 Å². The van der Waals surface area contributed by atoms with Gasteiger partial charge in [0.25, 0.3) is 0 Å². The molecule has 2 aromatic rings. The van der Waals surface area contributed by atoms with Gasteiger partial charge in [-0.2, -0.15) is 0 Å². The molecule has 0 amide bonds. The fraction of sp³-hybridized carbons (Fsp3) is 0.278. The minimum absolute atomic E-state index is 0.148. The molecule has 0 aliphatic heterocycles. The van der Waals surface area contributed by atoms with Gasteiger partial charge in [-0.05, 0) is 36.6 Å². The first-order valence-corrected chi connectivity index (χ1v) is 7.35. The van der Waals surface area contributed by atoms with Crippen LogP contribution in [0.25, 0.3) is 0 Å². The van der Waals surface area contributed by atoms with Crippen LogP contribution < -0.4 is 5.32 Å². The van der Waals surface area contributed by atoms with Crippen LogP contribution in [-0.4, -0.2) is 22.2 Å². The van der Waals surface area contributed by atoms with Crippen molar-refractivity contribution in [3.63, 3.8) is 0 Å². The van der Waals surface area contributed by atoms with Crippen LogP contribution in [0.1, 0.15) is 40.9 Å². The Morgan fingerprint density at radius 2 is 1.73 bits per heavy atom. The van der Waals surface area contributed by atoms with Gasteiger partial charge >= 0.3 is 5.97 Å². The van der Waals surface area contributed by atoms with E-state index >= 15 is 0 Å². The summed E-state index contributed by atoms with van der Waals surface area (Å²) in [7, 11) is 0. The van der Waals surface area contributed by atoms with Crippen LogP contribution in [0.2, 0.25) is 0 Å². The molecule has 0 aliphatic rings. The summed E-state index contributed by atoms with van der Waals surface area (Å²) in [4.78, 5) is 10.8. The van der Waals surface area contributed by atoms with Crippen molar-refractivity contribution in [2.24, 2.45) is 0 Å². The summed E-state index contributed by atoms with van der Waals surface area (Å²) in [6, 6.07) is 16.6. The molecule has 0 saturated heterocycles. The molecule has 2 unspecified atom stereocenters. The van der Waals surface area contributed by atoms with Crippen molar-refractivity contribution in [2.75, 3.05) is 0 Å². The molecule has 0 spiro atoms. The van der Waals surface area contributed by atoms with E-state index in [0.29, 0.717) is 13.0 Å². The Kier molecular flexibility index (Phi) is 5.69. The predicted molar refractivity (Wildman–Crippen MR) is 85.7 cm³/mol. The van der Waals surface area contributed by atoms with E-state index in [2.05, 4.69) is 5.32 Å². The molecule has 0 fully saturated rings. The number of benzene rings is 2. The summed E-state index contributed by atoms with van der Waals surface area (Å²) in [5, 5.41) is 22.4. The van der Waals surface area contributed by atoms with E-state index in [1.54, 1.807) is 24.3 Å². The third-order valence-electron chi connectivity index (χ3n) is 3.62. The molecule has 0 aliphatic carbocycles. The summed E-state index contributed by atoms with van der Waals surface area (Å²) in [5.41, 5.74) is 2.23. The van der Waals surface area contributed by atoms with E-state index in [-0.39, 0.29) is 11.6 Å². The van der Waals surface area contributed by atoms with Gasteiger partial charge in [0.05, 0.1) is 11.7 Å². The molecule has 0 bridgehead atoms. The average molecular weight is 299 g/mol. The first-order chi connectivity index (χ1) is 10.6. The molecule has 4 heteroatoms. The largest absolute Gasteiger partial charge is 0.478 e. The Morgan fingerprint density at radius 1 is 1.09 bits per heavy atom. The van der Waals surface area contributed by atoms with Crippen LogP contribution in [-0.2, 0) is 6.54 Å². The molecule has 3 N–H and O–H groups in total. The highest BCUT2D eigenvalue weighted by Crippen LogP contribution is 2.17. The molecule has 2 atom stereocenters. The minimum atomic E-state index is -0.918. The molecule has 0 heterocycles. The van der Waals surface area contributed by atoms with E-state index < -0.39 is 12.1 Å². The minimum Gasteiger partial charge on any atom is -0.478 e. The second-order valence-electron chi connectivity index (χ2n) is 5.45. The molecule has 0 aromatic heterocycles. The van der Waals surface area contributed by atoms with Gasteiger partial charge in [-0.1, -0.05) is 42.5 Å². The van der Waals surface area contributed by atoms with Crippen molar-refractivity contribution in [1.29, 1.82) is 0 Å². The summed E-state index contributed by atoms with van der Waals surface area (Å²) >= 11 is 0. The van der Waals surface area contributed by atoms with Crippen LogP contribution in [0.4, 0.5) is 0 Å². The first-order valence-electron chi connectivity index (χ1n) is 7.35. The maximum Gasteiger partial charge on any atom is 0.335 e. The summed E-state index contributed by atoms with van der Waals surface area (Å²) in [5.74, 6) is -0.918. The van der Waals surface area contributed by atoms with Gasteiger partial charge in [0.2, 0.25) is 0 Å². The van der Waals surface area contributed by atoms with Gasteiger partial charge in [0, 0.05) is 12.6 Å². The van der Waals surface area contributed by atoms with Gasteiger partial charge in [-0.15, -0.1) is 0 Å². The number of hydrogen-bond acceptors (Lipinski definition) is 3. The molecular weight excluding hydrogens is 278 g/mol. The normalized spacial score (nSPS) is 13.5. The van der Waals surface area contributed by atoms with Gasteiger partial charge in [0.15, 0.2) is 0 Å². The number of aliphatic hydroxyl groups is 1. The van der Waals surface area contributed by atoms with Crippen LogP contribution >= 0.6 is 0 Å². The first kappa shape index (κ1) is 16.2. The number of rotatable bonds is 7. The SMILES string of the molecule is CC(CC(O)c1ccccc1)NCc1ccc(C(=O)O)cc1. The van der Waals surface area contributed by atoms with Crippen molar-refractivity contribution >= 4 is 5.97 Å². The van der Waals surface area contributed by atoms with Gasteiger partial charge in [-0.25, -0.2) is 4.79 Å². The topological polar surface area (TPSA) is 69.6 Å². The summed E-state index contributed by atoms with van der Waals surface area (Å²) < 4.78 is 0. The second kappa shape index (κ2) is 7.73. The zero-order chi connectivity index (χ0) is 15.9. The second-order valence-corrected chi connectivity index (χ2v) is 5.45. The van der Waals surface area contributed by atoms with E-state index in [0.717, 1.165) is 11.1 Å². The molecule has 22 heavy (non-hydrogen) atoms. The highest BCUT2D eigenvalue weighted by molar-refractivity contribution is 5.87. The molecule has 116 valence electrons. The Hall–Kier alpha value is -2.17. The number of aromatic carboxylic acids is 1. The van der Waals surface area contributed by atoms with E-state index in [9.17, 15) is 9.90 Å². The highest BCUT2D eigenvalue weighted by atomic mass is 16.4. The lowest BCUT2D eigenvalue weighted by molar-refractivity contribution is 0.0697. The van der Waals surface area contributed by atoms with Crippen LogP contribution in [0, 0.1) is 0 Å². The standard InChI is InChI=1S/C18H21NO3/c1-13(11-17(20)15-5-3-2-4-6-15)19-12-14-7-9-16(10-8-14)18(21)22/h2-10,13,17,19-20H,11-12H2,1H3,(H,21,22). The number of hydrogen-bond donors (Lipinski definition) is 3. The molecule has 0 saturated carbocycles. The van der Waals surface area contributed by atoms with Gasteiger partial charge in [-0.3, -0.25) is 0 Å². The Bertz CT molecular complexity index is 595. The average Bonchev–Trinajstić information content (AvgIpc) is 2.54.